The molecule has 1 rings (SSSR count). The molecular weight excluding hydrogens is 140 g/mol. The number of hydrogen-bond acceptors (Lipinski definition) is 2. The first-order valence-corrected chi connectivity index (χ1v) is 3.26. The van der Waals surface area contributed by atoms with Gasteiger partial charge in [-0.1, -0.05) is 6.07 Å². The lowest BCUT2D eigenvalue weighted by atomic mass is 10.2. The second-order valence-electron chi connectivity index (χ2n) is 2.25. The number of nitrogens with two attached hydrogens (primary N) is 1. The molecule has 0 saturated heterocycles. The molecule has 1 amide bonds. The van der Waals surface area contributed by atoms with Crippen LogP contribution in [0, 0.1) is 13.3 Å². The molecular formula is C8H9N2O. The van der Waals surface area contributed by atoms with Gasteiger partial charge >= 0.3 is 0 Å². The molecule has 1 aromatic rings. The third-order valence-electron chi connectivity index (χ3n) is 1.20. The summed E-state index contributed by atoms with van der Waals surface area (Å²) < 4.78 is 0. The molecule has 57 valence electrons. The van der Waals surface area contributed by atoms with E-state index in [4.69, 9.17) is 5.73 Å². The average Bonchev–Trinajstić information content (AvgIpc) is 1.85. The van der Waals surface area contributed by atoms with Gasteiger partial charge in [0.05, 0.1) is 12.1 Å². The first-order valence-electron chi connectivity index (χ1n) is 3.26. The molecule has 0 saturated carbocycles. The standard InChI is InChI=1S/C8H9N2O/c1-6-3-2-4-7(10-6)5-8(9)11/h2-5H,1H3,(H2,9,11). The van der Waals surface area contributed by atoms with Crippen molar-refractivity contribution in [2.75, 3.05) is 0 Å². The van der Waals surface area contributed by atoms with Crippen molar-refractivity contribution in [1.29, 1.82) is 0 Å². The molecule has 0 unspecified atom stereocenters. The Morgan fingerprint density at radius 2 is 2.36 bits per heavy atom. The number of hydrogen-bond donors (Lipinski definition) is 1. The van der Waals surface area contributed by atoms with E-state index in [0.717, 1.165) is 5.69 Å². The number of aryl methyl sites for hydroxylation is 1. The van der Waals surface area contributed by atoms with Crippen LogP contribution in [0.15, 0.2) is 18.2 Å². The van der Waals surface area contributed by atoms with Crippen LogP contribution in [0.1, 0.15) is 11.4 Å². The molecule has 0 aliphatic rings. The van der Waals surface area contributed by atoms with Gasteiger partial charge in [0.15, 0.2) is 0 Å². The van der Waals surface area contributed by atoms with Crippen molar-refractivity contribution in [1.82, 2.24) is 4.98 Å². The maximum atomic E-state index is 10.4. The van der Waals surface area contributed by atoms with E-state index in [1.807, 2.05) is 19.1 Å². The molecule has 0 bridgehead atoms. The third kappa shape index (κ3) is 2.37. The molecule has 1 radical (unpaired) electrons. The number of primary amides is 1. The summed E-state index contributed by atoms with van der Waals surface area (Å²) >= 11 is 0. The monoisotopic (exact) mass is 149 g/mol. The fourth-order valence-corrected chi connectivity index (χ4v) is 0.790. The summed E-state index contributed by atoms with van der Waals surface area (Å²) in [4.78, 5) is 14.5. The van der Waals surface area contributed by atoms with Crippen molar-refractivity contribution in [2.45, 2.75) is 6.92 Å². The molecule has 0 fully saturated rings. The molecule has 3 nitrogen and oxygen atoms in total. The van der Waals surface area contributed by atoms with Gasteiger partial charge in [-0.2, -0.15) is 0 Å². The predicted octanol–water partition coefficient (Wildman–Crippen LogP) is 0.428. The van der Waals surface area contributed by atoms with E-state index in [-0.39, 0.29) is 0 Å². The first kappa shape index (κ1) is 7.72. The van der Waals surface area contributed by atoms with Gasteiger partial charge in [-0.05, 0) is 19.1 Å². The average molecular weight is 149 g/mol. The Labute approximate surface area is 65.2 Å². The number of carbonyl (C=O) groups excluding carboxylic acids is 1. The second-order valence-corrected chi connectivity index (χ2v) is 2.25. The quantitative estimate of drug-likeness (QED) is 0.662. The summed E-state index contributed by atoms with van der Waals surface area (Å²) in [6.07, 6.45) is 1.30. The van der Waals surface area contributed by atoms with Crippen molar-refractivity contribution in [2.24, 2.45) is 5.73 Å². The zero-order valence-corrected chi connectivity index (χ0v) is 6.24. The van der Waals surface area contributed by atoms with Gasteiger partial charge in [0.25, 0.3) is 0 Å². The topological polar surface area (TPSA) is 56.0 Å². The van der Waals surface area contributed by atoms with Crippen molar-refractivity contribution in [3.63, 3.8) is 0 Å². The van der Waals surface area contributed by atoms with Gasteiger partial charge in [0, 0.05) is 5.69 Å². The van der Waals surface area contributed by atoms with E-state index in [2.05, 4.69) is 4.98 Å². The molecule has 0 aliphatic heterocycles. The molecule has 2 N–H and O–H groups in total. The Kier molecular flexibility index (Phi) is 2.21. The van der Waals surface area contributed by atoms with Crippen LogP contribution in [0.3, 0.4) is 0 Å². The lowest BCUT2D eigenvalue weighted by Gasteiger charge is -1.96. The number of aromatic nitrogens is 1. The van der Waals surface area contributed by atoms with Crippen LogP contribution in [0.25, 0.3) is 0 Å². The molecule has 1 heterocycles. The maximum absolute atomic E-state index is 10.4. The molecule has 1 aromatic heterocycles. The predicted molar refractivity (Wildman–Crippen MR) is 41.6 cm³/mol. The van der Waals surface area contributed by atoms with E-state index in [0.29, 0.717) is 5.69 Å². The molecule has 11 heavy (non-hydrogen) atoms. The zero-order chi connectivity index (χ0) is 8.27. The summed E-state index contributed by atoms with van der Waals surface area (Å²) in [7, 11) is 0. The highest BCUT2D eigenvalue weighted by Gasteiger charge is 1.99. The van der Waals surface area contributed by atoms with Crippen LogP contribution in [0.5, 0.6) is 0 Å². The van der Waals surface area contributed by atoms with Crippen molar-refractivity contribution >= 4 is 5.91 Å². The highest BCUT2D eigenvalue weighted by atomic mass is 16.1. The maximum Gasteiger partial charge on any atom is 0.227 e. The lowest BCUT2D eigenvalue weighted by molar-refractivity contribution is -0.114. The van der Waals surface area contributed by atoms with Crippen LogP contribution in [0.4, 0.5) is 0 Å². The summed E-state index contributed by atoms with van der Waals surface area (Å²) in [6, 6.07) is 5.42. The molecule has 0 aliphatic carbocycles. The summed E-state index contributed by atoms with van der Waals surface area (Å²) in [5.41, 5.74) is 6.42. The van der Waals surface area contributed by atoms with E-state index < -0.39 is 5.91 Å². The van der Waals surface area contributed by atoms with E-state index in [1.165, 1.54) is 6.42 Å². The van der Waals surface area contributed by atoms with Crippen LogP contribution in [-0.2, 0) is 4.79 Å². The van der Waals surface area contributed by atoms with Crippen molar-refractivity contribution < 1.29 is 4.79 Å². The van der Waals surface area contributed by atoms with Gasteiger partial charge < -0.3 is 5.73 Å². The van der Waals surface area contributed by atoms with E-state index in [1.54, 1.807) is 6.07 Å². The SMILES string of the molecule is Cc1cccc([CH]C(N)=O)n1. The van der Waals surface area contributed by atoms with Crippen LogP contribution in [0.2, 0.25) is 0 Å². The van der Waals surface area contributed by atoms with Crippen LogP contribution in [-0.4, -0.2) is 10.9 Å². The summed E-state index contributed by atoms with van der Waals surface area (Å²) in [5.74, 6) is -0.469. The number of rotatable bonds is 2. The highest BCUT2D eigenvalue weighted by molar-refractivity contribution is 5.86. The minimum atomic E-state index is -0.469. The number of nitrogens with zero attached hydrogens (tertiary/aromatic N) is 1. The summed E-state index contributed by atoms with van der Waals surface area (Å²) in [5, 5.41) is 0. The molecule has 0 spiro atoms. The minimum absolute atomic E-state index is 0.469. The number of amides is 1. The number of carbonyl (C=O) groups is 1. The Hall–Kier alpha value is -1.38. The number of pyridine rings is 1. The van der Waals surface area contributed by atoms with E-state index in [9.17, 15) is 4.79 Å². The summed E-state index contributed by atoms with van der Waals surface area (Å²) in [6.45, 7) is 1.86. The highest BCUT2D eigenvalue weighted by Crippen LogP contribution is 1.99. The largest absolute Gasteiger partial charge is 0.369 e. The van der Waals surface area contributed by atoms with Gasteiger partial charge in [-0.15, -0.1) is 0 Å². The van der Waals surface area contributed by atoms with Crippen molar-refractivity contribution in [3.8, 4) is 0 Å². The van der Waals surface area contributed by atoms with Gasteiger partial charge in [0.1, 0.15) is 0 Å². The molecule has 3 heteroatoms. The molecule has 0 atom stereocenters. The normalized spacial score (nSPS) is 9.55. The third-order valence-corrected chi connectivity index (χ3v) is 1.20. The molecule has 0 aromatic carbocycles. The fraction of sp³-hybridized carbons (Fsp3) is 0.125. The Balaban J connectivity index is 2.79. The zero-order valence-electron chi connectivity index (χ0n) is 6.24. The first-order chi connectivity index (χ1) is 5.18. The Morgan fingerprint density at radius 3 is 2.91 bits per heavy atom. The van der Waals surface area contributed by atoms with Crippen LogP contribution < -0.4 is 5.73 Å². The van der Waals surface area contributed by atoms with Gasteiger partial charge in [-0.3, -0.25) is 9.78 Å². The van der Waals surface area contributed by atoms with Crippen molar-refractivity contribution in [3.05, 3.63) is 36.0 Å². The van der Waals surface area contributed by atoms with Crippen LogP contribution >= 0.6 is 0 Å². The lowest BCUT2D eigenvalue weighted by Crippen LogP contribution is -2.12. The van der Waals surface area contributed by atoms with Gasteiger partial charge in [-0.25, -0.2) is 0 Å². The smallest absolute Gasteiger partial charge is 0.227 e. The minimum Gasteiger partial charge on any atom is -0.369 e. The fourth-order valence-electron chi connectivity index (χ4n) is 0.790. The Morgan fingerprint density at radius 1 is 1.64 bits per heavy atom. The van der Waals surface area contributed by atoms with E-state index >= 15 is 0 Å². The van der Waals surface area contributed by atoms with Gasteiger partial charge in [0.2, 0.25) is 5.91 Å². The second kappa shape index (κ2) is 3.14. The Bertz CT molecular complexity index is 271.